The number of rotatable bonds is 6. The number of benzene rings is 1. The molecule has 2 heterocycles. The maximum absolute atomic E-state index is 12.6. The van der Waals surface area contributed by atoms with Crippen LogP contribution in [0.3, 0.4) is 0 Å². The van der Waals surface area contributed by atoms with Crippen molar-refractivity contribution in [1.82, 2.24) is 10.3 Å². The minimum Gasteiger partial charge on any atom is -0.379 e. The monoisotopic (exact) mass is 364 g/mol. The highest BCUT2D eigenvalue weighted by Gasteiger charge is 2.28. The number of hydrogen-bond acceptors (Lipinski definition) is 6. The molecule has 1 saturated heterocycles. The normalized spacial score (nSPS) is 20.7. The number of nitrogens with one attached hydrogen (secondary N) is 1. The Morgan fingerprint density at radius 1 is 1.50 bits per heavy atom. The maximum atomic E-state index is 12.6. The highest BCUT2D eigenvalue weighted by molar-refractivity contribution is 7.98. The Kier molecular flexibility index (Phi) is 6.25. The van der Waals surface area contributed by atoms with Gasteiger partial charge in [0.15, 0.2) is 0 Å². The zero-order valence-corrected chi connectivity index (χ0v) is 15.1. The molecule has 1 aliphatic rings. The number of ether oxygens (including phenoxy) is 2. The molecule has 0 radical (unpaired) electrons. The van der Waals surface area contributed by atoms with Gasteiger partial charge in [-0.1, -0.05) is 12.1 Å². The van der Waals surface area contributed by atoms with Gasteiger partial charge in [0.25, 0.3) is 5.91 Å². The molecular weight excluding hydrogens is 344 g/mol. The molecular formula is C17H20N2O3S2. The topological polar surface area (TPSA) is 60.5 Å². The van der Waals surface area contributed by atoms with Crippen molar-refractivity contribution in [3.8, 4) is 0 Å². The van der Waals surface area contributed by atoms with Crippen molar-refractivity contribution in [2.75, 3.05) is 19.5 Å². The summed E-state index contributed by atoms with van der Waals surface area (Å²) in [5.41, 5.74) is 3.40. The van der Waals surface area contributed by atoms with Crippen LogP contribution in [0.5, 0.6) is 0 Å². The summed E-state index contributed by atoms with van der Waals surface area (Å²) in [6.07, 6.45) is 2.56. The summed E-state index contributed by atoms with van der Waals surface area (Å²) in [7, 11) is 0. The van der Waals surface area contributed by atoms with Gasteiger partial charge < -0.3 is 14.8 Å². The van der Waals surface area contributed by atoms with Crippen molar-refractivity contribution in [1.29, 1.82) is 0 Å². The largest absolute Gasteiger partial charge is 0.379 e. The molecule has 2 aromatic rings. The van der Waals surface area contributed by atoms with Gasteiger partial charge >= 0.3 is 0 Å². The molecule has 1 N–H and O–H groups in total. The molecule has 0 aliphatic carbocycles. The molecule has 1 aliphatic heterocycles. The highest BCUT2D eigenvalue weighted by atomic mass is 32.2. The number of nitrogens with zero attached hydrogens (tertiary/aromatic N) is 1. The fourth-order valence-electron chi connectivity index (χ4n) is 2.62. The van der Waals surface area contributed by atoms with Gasteiger partial charge in [-0.15, -0.1) is 23.1 Å². The van der Waals surface area contributed by atoms with E-state index in [0.717, 1.165) is 17.0 Å². The SMILES string of the molecule is CSc1ccccc1C(=O)N[C@@H]1CCOC[C@H]1OCc1cscn1. The molecule has 0 unspecified atom stereocenters. The zero-order chi connectivity index (χ0) is 16.8. The third-order valence-corrected chi connectivity index (χ3v) is 5.33. The van der Waals surface area contributed by atoms with Crippen LogP contribution in [-0.4, -0.2) is 42.5 Å². The smallest absolute Gasteiger partial charge is 0.252 e. The van der Waals surface area contributed by atoms with Crippen LogP contribution in [0.2, 0.25) is 0 Å². The van der Waals surface area contributed by atoms with E-state index < -0.39 is 0 Å². The molecule has 0 saturated carbocycles. The van der Waals surface area contributed by atoms with Gasteiger partial charge in [-0.05, 0) is 24.8 Å². The summed E-state index contributed by atoms with van der Waals surface area (Å²) in [5.74, 6) is -0.0610. The van der Waals surface area contributed by atoms with Crippen LogP contribution in [0.15, 0.2) is 40.1 Å². The Balaban J connectivity index is 1.63. The van der Waals surface area contributed by atoms with Crippen LogP contribution >= 0.6 is 23.1 Å². The highest BCUT2D eigenvalue weighted by Crippen LogP contribution is 2.21. The summed E-state index contributed by atoms with van der Waals surface area (Å²) in [4.78, 5) is 17.8. The zero-order valence-electron chi connectivity index (χ0n) is 13.4. The van der Waals surface area contributed by atoms with Crippen LogP contribution in [0.4, 0.5) is 0 Å². The number of thioether (sulfide) groups is 1. The van der Waals surface area contributed by atoms with Crippen LogP contribution < -0.4 is 5.32 Å². The number of thiazole rings is 1. The van der Waals surface area contributed by atoms with Crippen LogP contribution in [-0.2, 0) is 16.1 Å². The first-order chi connectivity index (χ1) is 11.8. The molecule has 1 aromatic carbocycles. The fraction of sp³-hybridized carbons (Fsp3) is 0.412. The molecule has 5 nitrogen and oxygen atoms in total. The van der Waals surface area contributed by atoms with Gasteiger partial charge in [-0.25, -0.2) is 4.98 Å². The van der Waals surface area contributed by atoms with Crippen molar-refractivity contribution in [2.45, 2.75) is 30.1 Å². The number of hydrogen-bond donors (Lipinski definition) is 1. The quantitative estimate of drug-likeness (QED) is 0.799. The molecule has 1 fully saturated rings. The molecule has 1 aromatic heterocycles. The van der Waals surface area contributed by atoms with Gasteiger partial charge in [-0.2, -0.15) is 0 Å². The maximum Gasteiger partial charge on any atom is 0.252 e. The number of carbonyl (C=O) groups excluding carboxylic acids is 1. The number of aromatic nitrogens is 1. The van der Waals surface area contributed by atoms with Crippen molar-refractivity contribution >= 4 is 29.0 Å². The summed E-state index contributed by atoms with van der Waals surface area (Å²) < 4.78 is 11.4. The Bertz CT molecular complexity index is 664. The molecule has 24 heavy (non-hydrogen) atoms. The lowest BCUT2D eigenvalue weighted by Crippen LogP contribution is -2.50. The number of carbonyl (C=O) groups is 1. The van der Waals surface area contributed by atoms with E-state index in [4.69, 9.17) is 9.47 Å². The first-order valence-corrected chi connectivity index (χ1v) is 9.95. The summed E-state index contributed by atoms with van der Waals surface area (Å²) in [6.45, 7) is 1.55. The lowest BCUT2D eigenvalue weighted by molar-refractivity contribution is -0.0742. The summed E-state index contributed by atoms with van der Waals surface area (Å²) in [5, 5.41) is 5.08. The molecule has 0 bridgehead atoms. The van der Waals surface area contributed by atoms with E-state index in [9.17, 15) is 4.79 Å². The van der Waals surface area contributed by atoms with E-state index in [1.165, 1.54) is 0 Å². The Morgan fingerprint density at radius 2 is 2.38 bits per heavy atom. The predicted octanol–water partition coefficient (Wildman–Crippen LogP) is 2.97. The number of amides is 1. The minimum absolute atomic E-state index is 0.0557. The second kappa shape index (κ2) is 8.62. The van der Waals surface area contributed by atoms with Gasteiger partial charge in [-0.3, -0.25) is 4.79 Å². The summed E-state index contributed by atoms with van der Waals surface area (Å²) in [6, 6.07) is 7.58. The van der Waals surface area contributed by atoms with E-state index in [2.05, 4.69) is 10.3 Å². The van der Waals surface area contributed by atoms with E-state index >= 15 is 0 Å². The first-order valence-electron chi connectivity index (χ1n) is 7.78. The second-order valence-corrected chi connectivity index (χ2v) is 7.04. The molecule has 3 rings (SSSR count). The lowest BCUT2D eigenvalue weighted by atomic mass is 10.1. The molecule has 2 atom stereocenters. The molecule has 0 spiro atoms. The molecule has 7 heteroatoms. The van der Waals surface area contributed by atoms with Gasteiger partial charge in [0.2, 0.25) is 0 Å². The lowest BCUT2D eigenvalue weighted by Gasteiger charge is -2.32. The predicted molar refractivity (Wildman–Crippen MR) is 95.6 cm³/mol. The minimum atomic E-state index is -0.161. The average Bonchev–Trinajstić information content (AvgIpc) is 3.14. The van der Waals surface area contributed by atoms with Gasteiger partial charge in [0.1, 0.15) is 6.10 Å². The van der Waals surface area contributed by atoms with E-state index in [-0.39, 0.29) is 18.1 Å². The second-order valence-electron chi connectivity index (χ2n) is 5.47. The van der Waals surface area contributed by atoms with E-state index in [0.29, 0.717) is 25.4 Å². The first kappa shape index (κ1) is 17.4. The van der Waals surface area contributed by atoms with E-state index in [1.54, 1.807) is 28.6 Å². The molecule has 128 valence electrons. The Labute approximate surface area is 149 Å². The summed E-state index contributed by atoms with van der Waals surface area (Å²) >= 11 is 3.12. The van der Waals surface area contributed by atoms with Gasteiger partial charge in [0.05, 0.1) is 36.0 Å². The molecule has 1 amide bonds. The standard InChI is InChI=1S/C17H20N2O3S2/c1-23-16-5-3-2-4-13(16)17(20)19-14-6-7-21-9-15(14)22-8-12-10-24-11-18-12/h2-5,10-11,14-15H,6-9H2,1H3,(H,19,20)/t14-,15-/m1/s1. The van der Waals surface area contributed by atoms with Crippen molar-refractivity contribution in [2.24, 2.45) is 0 Å². The van der Waals surface area contributed by atoms with Gasteiger partial charge in [0, 0.05) is 16.9 Å². The van der Waals surface area contributed by atoms with Crippen LogP contribution in [0.25, 0.3) is 0 Å². The van der Waals surface area contributed by atoms with Crippen molar-refractivity contribution < 1.29 is 14.3 Å². The van der Waals surface area contributed by atoms with Crippen molar-refractivity contribution in [3.63, 3.8) is 0 Å². The van der Waals surface area contributed by atoms with E-state index in [1.807, 2.05) is 35.9 Å². The third-order valence-electron chi connectivity index (χ3n) is 3.90. The Hall–Kier alpha value is -1.41. The average molecular weight is 364 g/mol. The Morgan fingerprint density at radius 3 is 3.17 bits per heavy atom. The third kappa shape index (κ3) is 4.36. The fourth-order valence-corrected chi connectivity index (χ4v) is 3.76. The van der Waals surface area contributed by atoms with Crippen molar-refractivity contribution in [3.05, 3.63) is 46.4 Å². The van der Waals surface area contributed by atoms with Crippen LogP contribution in [0.1, 0.15) is 22.5 Å². The van der Waals surface area contributed by atoms with Crippen LogP contribution in [0, 0.1) is 0 Å².